The molecule has 1 aromatic carbocycles. The van der Waals surface area contributed by atoms with Crippen molar-refractivity contribution >= 4 is 0 Å². The van der Waals surface area contributed by atoms with Crippen molar-refractivity contribution < 1.29 is 0 Å². The van der Waals surface area contributed by atoms with E-state index in [1.807, 2.05) is 0 Å². The second kappa shape index (κ2) is 5.44. The molecule has 1 nitrogen and oxygen atoms in total. The van der Waals surface area contributed by atoms with Gasteiger partial charge in [-0.05, 0) is 23.5 Å². The summed E-state index contributed by atoms with van der Waals surface area (Å²) in [5.74, 6) is 0.712. The van der Waals surface area contributed by atoms with Crippen LogP contribution in [0.25, 0.3) is 4.85 Å². The van der Waals surface area contributed by atoms with Crippen LogP contribution in [0.2, 0.25) is 0 Å². The van der Waals surface area contributed by atoms with Crippen molar-refractivity contribution in [3.63, 3.8) is 0 Å². The number of hydrogen-bond acceptors (Lipinski definition) is 0. The van der Waals surface area contributed by atoms with Crippen molar-refractivity contribution in [2.45, 2.75) is 26.7 Å². The molecule has 1 heteroatoms. The van der Waals surface area contributed by atoms with E-state index >= 15 is 0 Å². The zero-order chi connectivity index (χ0) is 10.4. The molecular weight excluding hydrogens is 170 g/mol. The van der Waals surface area contributed by atoms with Crippen LogP contribution in [0.3, 0.4) is 0 Å². The van der Waals surface area contributed by atoms with Gasteiger partial charge in [0.2, 0.25) is 6.54 Å². The molecule has 0 bridgehead atoms. The fraction of sp³-hybridized carbons (Fsp3) is 0.462. The predicted molar refractivity (Wildman–Crippen MR) is 60.2 cm³/mol. The van der Waals surface area contributed by atoms with Gasteiger partial charge in [0.15, 0.2) is 0 Å². The van der Waals surface area contributed by atoms with E-state index in [9.17, 15) is 0 Å². The van der Waals surface area contributed by atoms with Gasteiger partial charge < -0.3 is 4.85 Å². The molecule has 0 aliphatic heterocycles. The summed E-state index contributed by atoms with van der Waals surface area (Å²) < 4.78 is 0. The average molecular weight is 187 g/mol. The van der Waals surface area contributed by atoms with Crippen LogP contribution in [0.1, 0.15) is 25.0 Å². The molecule has 0 heterocycles. The van der Waals surface area contributed by atoms with Gasteiger partial charge in [-0.3, -0.25) is 0 Å². The van der Waals surface area contributed by atoms with Gasteiger partial charge >= 0.3 is 0 Å². The maximum Gasteiger partial charge on any atom is 0.218 e. The van der Waals surface area contributed by atoms with Gasteiger partial charge in [0.1, 0.15) is 0 Å². The highest BCUT2D eigenvalue weighted by atomic mass is 14.6. The smallest absolute Gasteiger partial charge is 0.218 e. The lowest BCUT2D eigenvalue weighted by atomic mass is 10.0. The zero-order valence-electron chi connectivity index (χ0n) is 8.96. The monoisotopic (exact) mass is 187 g/mol. The summed E-state index contributed by atoms with van der Waals surface area (Å²) in [4.78, 5) is 3.35. The van der Waals surface area contributed by atoms with Crippen molar-refractivity contribution in [2.24, 2.45) is 5.92 Å². The quantitative estimate of drug-likeness (QED) is 0.637. The summed E-state index contributed by atoms with van der Waals surface area (Å²) in [6.07, 6.45) is 2.02. The molecule has 0 aromatic heterocycles. The van der Waals surface area contributed by atoms with Crippen LogP contribution in [0, 0.1) is 12.5 Å². The minimum atomic E-state index is 0.601. The Balaban J connectivity index is 2.56. The summed E-state index contributed by atoms with van der Waals surface area (Å²) in [7, 11) is 0. The molecule has 0 aliphatic rings. The van der Waals surface area contributed by atoms with E-state index in [-0.39, 0.29) is 0 Å². The maximum absolute atomic E-state index is 6.71. The van der Waals surface area contributed by atoms with E-state index in [0.717, 1.165) is 12.8 Å². The number of benzene rings is 1. The second-order valence-electron chi connectivity index (χ2n) is 4.05. The van der Waals surface area contributed by atoms with Crippen LogP contribution in [0.5, 0.6) is 0 Å². The fourth-order valence-corrected chi connectivity index (χ4v) is 1.50. The van der Waals surface area contributed by atoms with Crippen LogP contribution >= 0.6 is 0 Å². The van der Waals surface area contributed by atoms with Gasteiger partial charge in [0.05, 0.1) is 0 Å². The Labute approximate surface area is 86.6 Å². The second-order valence-corrected chi connectivity index (χ2v) is 4.05. The third-order valence-electron chi connectivity index (χ3n) is 2.18. The van der Waals surface area contributed by atoms with Crippen molar-refractivity contribution in [1.29, 1.82) is 0 Å². The van der Waals surface area contributed by atoms with Gasteiger partial charge in [-0.15, -0.1) is 0 Å². The molecule has 0 amide bonds. The Kier molecular flexibility index (Phi) is 4.19. The highest BCUT2D eigenvalue weighted by molar-refractivity contribution is 5.23. The summed E-state index contributed by atoms with van der Waals surface area (Å²) in [6, 6.07) is 8.64. The van der Waals surface area contributed by atoms with Crippen LogP contribution in [-0.2, 0) is 12.8 Å². The average Bonchev–Trinajstić information content (AvgIpc) is 2.16. The van der Waals surface area contributed by atoms with E-state index in [2.05, 4.69) is 43.0 Å². The molecule has 0 spiro atoms. The Hall–Kier alpha value is -1.29. The molecule has 0 radical (unpaired) electrons. The minimum absolute atomic E-state index is 0.601. The van der Waals surface area contributed by atoms with Crippen LogP contribution in [0.4, 0.5) is 0 Å². The van der Waals surface area contributed by atoms with Crippen molar-refractivity contribution in [1.82, 2.24) is 0 Å². The molecule has 0 N–H and O–H groups in total. The molecule has 0 fully saturated rings. The van der Waals surface area contributed by atoms with E-state index < -0.39 is 0 Å². The Bertz CT molecular complexity index is 303. The highest BCUT2D eigenvalue weighted by Gasteiger charge is 1.98. The first-order valence-electron chi connectivity index (χ1n) is 5.13. The molecular formula is C13H17N. The van der Waals surface area contributed by atoms with Crippen molar-refractivity contribution in [2.75, 3.05) is 6.54 Å². The van der Waals surface area contributed by atoms with Crippen LogP contribution < -0.4 is 0 Å². The Morgan fingerprint density at radius 3 is 2.21 bits per heavy atom. The standard InChI is InChI=1S/C13H17N/c1-11(2)10-13-6-4-12(5-7-13)8-9-14-3/h4-7,11H,8-10H2,1-2H3. The third kappa shape index (κ3) is 3.62. The Morgan fingerprint density at radius 2 is 1.71 bits per heavy atom. The van der Waals surface area contributed by atoms with E-state index in [0.29, 0.717) is 12.5 Å². The highest BCUT2D eigenvalue weighted by Crippen LogP contribution is 2.10. The lowest BCUT2D eigenvalue weighted by Crippen LogP contribution is -1.94. The lowest BCUT2D eigenvalue weighted by molar-refractivity contribution is 0.647. The maximum atomic E-state index is 6.71. The van der Waals surface area contributed by atoms with Gasteiger partial charge in [0, 0.05) is 6.42 Å². The van der Waals surface area contributed by atoms with E-state index in [4.69, 9.17) is 6.57 Å². The number of nitrogens with zero attached hydrogens (tertiary/aromatic N) is 1. The topological polar surface area (TPSA) is 4.36 Å². The molecule has 0 atom stereocenters. The summed E-state index contributed by atoms with van der Waals surface area (Å²) in [6.45, 7) is 11.8. The van der Waals surface area contributed by atoms with Gasteiger partial charge in [-0.2, -0.15) is 0 Å². The van der Waals surface area contributed by atoms with Gasteiger partial charge in [-0.1, -0.05) is 38.1 Å². The molecule has 14 heavy (non-hydrogen) atoms. The number of rotatable bonds is 4. The first-order valence-corrected chi connectivity index (χ1v) is 5.13. The molecule has 1 aromatic rings. The molecule has 1 rings (SSSR count). The molecule has 0 saturated carbocycles. The van der Waals surface area contributed by atoms with Crippen molar-refractivity contribution in [3.8, 4) is 0 Å². The molecule has 0 aliphatic carbocycles. The van der Waals surface area contributed by atoms with E-state index in [1.165, 1.54) is 11.1 Å². The van der Waals surface area contributed by atoms with Crippen LogP contribution in [-0.4, -0.2) is 6.54 Å². The van der Waals surface area contributed by atoms with E-state index in [1.54, 1.807) is 0 Å². The Morgan fingerprint density at radius 1 is 1.14 bits per heavy atom. The lowest BCUT2D eigenvalue weighted by Gasteiger charge is -2.05. The summed E-state index contributed by atoms with van der Waals surface area (Å²) >= 11 is 0. The van der Waals surface area contributed by atoms with Gasteiger partial charge in [-0.25, -0.2) is 6.57 Å². The first-order chi connectivity index (χ1) is 6.72. The minimum Gasteiger partial charge on any atom is -0.317 e. The predicted octanol–water partition coefficient (Wildman–Crippen LogP) is 3.35. The normalized spacial score (nSPS) is 10.1. The molecule has 0 unspecified atom stereocenters. The van der Waals surface area contributed by atoms with Crippen molar-refractivity contribution in [3.05, 3.63) is 46.8 Å². The first kappa shape index (κ1) is 10.8. The fourth-order valence-electron chi connectivity index (χ4n) is 1.50. The van der Waals surface area contributed by atoms with Crippen LogP contribution in [0.15, 0.2) is 24.3 Å². The molecule has 0 saturated heterocycles. The van der Waals surface area contributed by atoms with Gasteiger partial charge in [0.25, 0.3) is 0 Å². The molecule has 74 valence electrons. The summed E-state index contributed by atoms with van der Waals surface area (Å²) in [5, 5.41) is 0. The zero-order valence-corrected chi connectivity index (χ0v) is 8.96. The summed E-state index contributed by atoms with van der Waals surface area (Å²) in [5.41, 5.74) is 2.67. The third-order valence-corrected chi connectivity index (χ3v) is 2.18. The SMILES string of the molecule is [C-]#[N+]CCc1ccc(CC(C)C)cc1. The number of hydrogen-bond donors (Lipinski definition) is 0. The largest absolute Gasteiger partial charge is 0.317 e.